The first-order valence-electron chi connectivity index (χ1n) is 9.78. The van der Waals surface area contributed by atoms with E-state index in [1.165, 1.54) is 22.9 Å². The molecule has 8 heteroatoms. The highest BCUT2D eigenvalue weighted by Crippen LogP contribution is 2.40. The number of pyridine rings is 2. The Morgan fingerprint density at radius 2 is 1.83 bits per heavy atom. The smallest absolute Gasteiger partial charge is 0.259 e. The van der Waals surface area contributed by atoms with Gasteiger partial charge in [-0.25, -0.2) is 13.8 Å². The minimum absolute atomic E-state index is 0.0571. The SMILES string of the molecule is CC(C)(CCCn1c(=O)c(-c2c(F)cccc2F)cc2cnc(Cl)cc21)[Si](C)(C)O. The highest BCUT2D eigenvalue weighted by atomic mass is 35.5. The molecule has 0 spiro atoms. The minimum atomic E-state index is -2.40. The molecule has 0 bridgehead atoms. The Kier molecular flexibility index (Phi) is 6.18. The van der Waals surface area contributed by atoms with Crippen LogP contribution in [0.1, 0.15) is 26.7 Å². The second kappa shape index (κ2) is 8.21. The molecular formula is C22H25ClF2N2O2Si. The van der Waals surface area contributed by atoms with Crippen LogP contribution in [0.4, 0.5) is 8.78 Å². The largest absolute Gasteiger partial charge is 0.432 e. The lowest BCUT2D eigenvalue weighted by Crippen LogP contribution is -2.39. The molecule has 0 saturated heterocycles. The molecule has 0 radical (unpaired) electrons. The molecule has 1 N–H and O–H groups in total. The minimum Gasteiger partial charge on any atom is -0.432 e. The summed E-state index contributed by atoms with van der Waals surface area (Å²) in [6.45, 7) is 8.15. The maximum atomic E-state index is 14.4. The van der Waals surface area contributed by atoms with Crippen LogP contribution >= 0.6 is 11.6 Å². The lowest BCUT2D eigenvalue weighted by molar-refractivity contribution is 0.431. The molecule has 0 saturated carbocycles. The Labute approximate surface area is 180 Å². The summed E-state index contributed by atoms with van der Waals surface area (Å²) in [5, 5.41) is 0.540. The van der Waals surface area contributed by atoms with Gasteiger partial charge in [-0.2, -0.15) is 0 Å². The van der Waals surface area contributed by atoms with Crippen molar-refractivity contribution in [2.75, 3.05) is 0 Å². The van der Waals surface area contributed by atoms with Gasteiger partial charge in [0.1, 0.15) is 16.8 Å². The second-order valence-electron chi connectivity index (χ2n) is 8.72. The fourth-order valence-electron chi connectivity index (χ4n) is 3.39. The number of halogens is 3. The van der Waals surface area contributed by atoms with Gasteiger partial charge in [0.2, 0.25) is 0 Å². The van der Waals surface area contributed by atoms with Crippen LogP contribution < -0.4 is 5.56 Å². The topological polar surface area (TPSA) is 55.1 Å². The number of fused-ring (bicyclic) bond motifs is 1. The van der Waals surface area contributed by atoms with Crippen molar-refractivity contribution in [2.24, 2.45) is 0 Å². The van der Waals surface area contributed by atoms with E-state index in [4.69, 9.17) is 11.6 Å². The van der Waals surface area contributed by atoms with Gasteiger partial charge in [-0.05, 0) is 55.2 Å². The van der Waals surface area contributed by atoms with E-state index in [-0.39, 0.29) is 21.3 Å². The highest BCUT2D eigenvalue weighted by molar-refractivity contribution is 6.72. The summed E-state index contributed by atoms with van der Waals surface area (Å²) in [6, 6.07) is 6.55. The number of aryl methyl sites for hydroxylation is 1. The number of nitrogens with zero attached hydrogens (tertiary/aromatic N) is 2. The third-order valence-electron chi connectivity index (χ3n) is 6.02. The fourth-order valence-corrected chi connectivity index (χ4v) is 4.33. The quantitative estimate of drug-likeness (QED) is 0.384. The van der Waals surface area contributed by atoms with Crippen molar-refractivity contribution in [1.29, 1.82) is 0 Å². The third-order valence-corrected chi connectivity index (χ3v) is 9.79. The molecule has 0 aliphatic carbocycles. The third kappa shape index (κ3) is 4.33. The molecule has 0 fully saturated rings. The second-order valence-corrected chi connectivity index (χ2v) is 13.6. The summed E-state index contributed by atoms with van der Waals surface area (Å²) in [5.41, 5.74) is -0.346. The van der Waals surface area contributed by atoms with Gasteiger partial charge < -0.3 is 9.36 Å². The zero-order chi connectivity index (χ0) is 22.3. The lowest BCUT2D eigenvalue weighted by Gasteiger charge is -2.35. The Morgan fingerprint density at radius 3 is 2.43 bits per heavy atom. The van der Waals surface area contributed by atoms with Crippen molar-refractivity contribution in [3.05, 3.63) is 63.7 Å². The Morgan fingerprint density at radius 1 is 1.20 bits per heavy atom. The standard InChI is InChI=1S/C22H25ClF2N2O2Si/c1-22(2,30(3,4)29)9-6-10-27-18-12-19(23)26-13-14(18)11-15(21(27)28)20-16(24)7-5-8-17(20)25/h5,7-8,11-13,29H,6,9-10H2,1-4H3. The molecule has 1 aromatic carbocycles. The molecule has 3 aromatic rings. The monoisotopic (exact) mass is 450 g/mol. The maximum Gasteiger partial charge on any atom is 0.259 e. The summed E-state index contributed by atoms with van der Waals surface area (Å²) in [5.74, 6) is -1.59. The van der Waals surface area contributed by atoms with Crippen molar-refractivity contribution in [2.45, 2.75) is 51.4 Å². The summed E-state index contributed by atoms with van der Waals surface area (Å²) < 4.78 is 30.3. The van der Waals surface area contributed by atoms with Gasteiger partial charge in [-0.15, -0.1) is 0 Å². The molecule has 0 aliphatic rings. The number of benzene rings is 1. The van der Waals surface area contributed by atoms with E-state index in [0.29, 0.717) is 30.3 Å². The summed E-state index contributed by atoms with van der Waals surface area (Å²) in [6.07, 6.45) is 2.81. The first kappa shape index (κ1) is 22.6. The first-order valence-corrected chi connectivity index (χ1v) is 13.1. The van der Waals surface area contributed by atoms with E-state index in [2.05, 4.69) is 4.98 Å². The van der Waals surface area contributed by atoms with Crippen LogP contribution in [0.5, 0.6) is 0 Å². The van der Waals surface area contributed by atoms with E-state index >= 15 is 0 Å². The Bertz CT molecular complexity index is 1140. The van der Waals surface area contributed by atoms with Gasteiger partial charge in [0.25, 0.3) is 5.56 Å². The number of rotatable bonds is 6. The van der Waals surface area contributed by atoms with E-state index in [9.17, 15) is 18.4 Å². The van der Waals surface area contributed by atoms with E-state index in [0.717, 1.165) is 12.1 Å². The molecule has 3 rings (SSSR count). The van der Waals surface area contributed by atoms with Crippen LogP contribution in [0.3, 0.4) is 0 Å². The van der Waals surface area contributed by atoms with Crippen LogP contribution in [-0.4, -0.2) is 22.7 Å². The Balaban J connectivity index is 2.12. The normalized spacial score (nSPS) is 12.5. The molecule has 2 aromatic heterocycles. The van der Waals surface area contributed by atoms with Gasteiger partial charge in [0, 0.05) is 18.1 Å². The number of aromatic nitrogens is 2. The molecule has 30 heavy (non-hydrogen) atoms. The predicted molar refractivity (Wildman–Crippen MR) is 119 cm³/mol. The van der Waals surface area contributed by atoms with Gasteiger partial charge in [-0.1, -0.05) is 31.5 Å². The molecule has 160 valence electrons. The summed E-state index contributed by atoms with van der Waals surface area (Å²) in [4.78, 5) is 27.8. The first-order chi connectivity index (χ1) is 13.9. The fraction of sp³-hybridized carbons (Fsp3) is 0.364. The zero-order valence-electron chi connectivity index (χ0n) is 17.5. The average Bonchev–Trinajstić information content (AvgIpc) is 2.63. The molecule has 0 atom stereocenters. The van der Waals surface area contributed by atoms with Gasteiger partial charge in [0.05, 0.1) is 16.6 Å². The maximum absolute atomic E-state index is 14.4. The average molecular weight is 451 g/mol. The number of hydrogen-bond acceptors (Lipinski definition) is 3. The van der Waals surface area contributed by atoms with E-state index < -0.39 is 25.5 Å². The van der Waals surface area contributed by atoms with Gasteiger partial charge in [0.15, 0.2) is 8.32 Å². The molecular weight excluding hydrogens is 426 g/mol. The van der Waals surface area contributed by atoms with Crippen molar-refractivity contribution in [3.8, 4) is 11.1 Å². The van der Waals surface area contributed by atoms with Crippen LogP contribution in [0.15, 0.2) is 41.3 Å². The van der Waals surface area contributed by atoms with Crippen molar-refractivity contribution in [3.63, 3.8) is 0 Å². The Hall–Kier alpha value is -2.09. The molecule has 0 aliphatic heterocycles. The molecule has 2 heterocycles. The molecule has 0 unspecified atom stereocenters. The number of hydrogen-bond donors (Lipinski definition) is 1. The van der Waals surface area contributed by atoms with Crippen LogP contribution in [0, 0.1) is 11.6 Å². The highest BCUT2D eigenvalue weighted by Gasteiger charge is 2.37. The van der Waals surface area contributed by atoms with Crippen molar-refractivity contribution >= 4 is 30.8 Å². The van der Waals surface area contributed by atoms with Crippen LogP contribution in [0.25, 0.3) is 22.0 Å². The molecule has 4 nitrogen and oxygen atoms in total. The van der Waals surface area contributed by atoms with Crippen LogP contribution in [0.2, 0.25) is 23.3 Å². The predicted octanol–water partition coefficient (Wildman–Crippen LogP) is 5.75. The van der Waals surface area contributed by atoms with Gasteiger partial charge in [-0.3, -0.25) is 4.79 Å². The lowest BCUT2D eigenvalue weighted by atomic mass is 10.0. The molecule has 0 amide bonds. The summed E-state index contributed by atoms with van der Waals surface area (Å²) >= 11 is 6.04. The van der Waals surface area contributed by atoms with Crippen molar-refractivity contribution in [1.82, 2.24) is 9.55 Å². The van der Waals surface area contributed by atoms with E-state index in [1.54, 1.807) is 6.07 Å². The van der Waals surface area contributed by atoms with E-state index in [1.807, 2.05) is 26.9 Å². The van der Waals surface area contributed by atoms with Gasteiger partial charge >= 0.3 is 0 Å². The summed E-state index contributed by atoms with van der Waals surface area (Å²) in [7, 11) is -2.40. The zero-order valence-corrected chi connectivity index (χ0v) is 19.2. The van der Waals surface area contributed by atoms with Crippen molar-refractivity contribution < 1.29 is 13.6 Å². The van der Waals surface area contributed by atoms with Crippen LogP contribution in [-0.2, 0) is 6.54 Å².